The molecule has 258 valence electrons. The van der Waals surface area contributed by atoms with E-state index in [0.717, 1.165) is 18.1 Å². The van der Waals surface area contributed by atoms with E-state index < -0.39 is 47.3 Å². The van der Waals surface area contributed by atoms with Crippen molar-refractivity contribution in [3.05, 3.63) is 71.3 Å². The highest BCUT2D eigenvalue weighted by Gasteiger charge is 2.50. The van der Waals surface area contributed by atoms with E-state index >= 15 is 0 Å². The highest BCUT2D eigenvalue weighted by atomic mass is 19.1. The number of amides is 3. The number of aliphatic hydroxyl groups excluding tert-OH is 1. The van der Waals surface area contributed by atoms with Gasteiger partial charge in [-0.15, -0.1) is 0 Å². The van der Waals surface area contributed by atoms with Gasteiger partial charge in [0.25, 0.3) is 0 Å². The third kappa shape index (κ3) is 9.81. The average molecular weight is 657 g/mol. The third-order valence-corrected chi connectivity index (χ3v) is 9.06. The molecule has 0 aromatic heterocycles. The van der Waals surface area contributed by atoms with Crippen LogP contribution in [0, 0.1) is 17.6 Å². The molecule has 0 unspecified atom stereocenters. The van der Waals surface area contributed by atoms with Gasteiger partial charge in [-0.05, 0) is 74.1 Å². The van der Waals surface area contributed by atoms with Crippen molar-refractivity contribution < 1.29 is 33.0 Å². The van der Waals surface area contributed by atoms with Gasteiger partial charge in [0.05, 0.1) is 18.2 Å². The van der Waals surface area contributed by atoms with Crippen LogP contribution < -0.4 is 16.0 Å². The van der Waals surface area contributed by atoms with Crippen molar-refractivity contribution in [1.82, 2.24) is 20.9 Å². The van der Waals surface area contributed by atoms with Gasteiger partial charge in [-0.1, -0.05) is 51.1 Å². The zero-order valence-corrected chi connectivity index (χ0v) is 27.9. The van der Waals surface area contributed by atoms with E-state index in [4.69, 9.17) is 4.74 Å². The van der Waals surface area contributed by atoms with E-state index in [-0.39, 0.29) is 42.4 Å². The number of nitrogens with one attached hydrogen (secondary N) is 3. The van der Waals surface area contributed by atoms with E-state index in [1.807, 2.05) is 51.1 Å². The first-order valence-corrected chi connectivity index (χ1v) is 16.8. The Morgan fingerprint density at radius 3 is 2.47 bits per heavy atom. The first kappa shape index (κ1) is 36.4. The van der Waals surface area contributed by atoms with Crippen molar-refractivity contribution in [3.8, 4) is 0 Å². The molecular weight excluding hydrogens is 606 g/mol. The molecule has 6 atom stereocenters. The van der Waals surface area contributed by atoms with Crippen molar-refractivity contribution in [2.24, 2.45) is 5.92 Å². The van der Waals surface area contributed by atoms with Crippen molar-refractivity contribution in [2.75, 3.05) is 19.7 Å². The largest absolute Gasteiger partial charge is 0.389 e. The molecule has 0 aliphatic carbocycles. The fourth-order valence-corrected chi connectivity index (χ4v) is 7.06. The average Bonchev–Trinajstić information content (AvgIpc) is 3.60. The second-order valence-electron chi connectivity index (χ2n) is 13.5. The van der Waals surface area contributed by atoms with Crippen molar-refractivity contribution >= 4 is 17.7 Å². The quantitative estimate of drug-likeness (QED) is 0.219. The minimum Gasteiger partial charge on any atom is -0.389 e. The Bertz CT molecular complexity index is 1340. The van der Waals surface area contributed by atoms with Crippen LogP contribution >= 0.6 is 0 Å². The molecule has 2 aromatic rings. The summed E-state index contributed by atoms with van der Waals surface area (Å²) in [4.78, 5) is 42.3. The van der Waals surface area contributed by atoms with Crippen LogP contribution in [0.4, 0.5) is 8.78 Å². The minimum absolute atomic E-state index is 0.0389. The number of carbonyl (C=O) groups excluding carboxylic acids is 3. The van der Waals surface area contributed by atoms with E-state index in [1.54, 1.807) is 4.90 Å². The fourth-order valence-electron chi connectivity index (χ4n) is 7.06. The molecule has 3 amide bonds. The molecule has 2 aliphatic heterocycles. The molecule has 4 N–H and O–H groups in total. The molecule has 2 heterocycles. The SMILES string of the molecule is CCCO[C@H]1CN[C@@H]([C@@H](O)[C@H](Cc2cc(F)cc(F)c2)NC(=O)[C@H](CCc2ccccc2)N2CC[C@@](CC(C)C)(NC(C)=O)C2=O)C1. The van der Waals surface area contributed by atoms with Crippen LogP contribution in [0.25, 0.3) is 0 Å². The van der Waals surface area contributed by atoms with Gasteiger partial charge >= 0.3 is 0 Å². The zero-order chi connectivity index (χ0) is 34.1. The standard InChI is InChI=1S/C36H50F2N4O5/c1-5-15-47-29-20-30(39-22-29)33(44)31(18-26-16-27(37)19-28(38)17-26)40-34(45)32(12-11-25-9-7-6-8-10-25)42-14-13-36(35(42)46,21-23(2)3)41-24(4)43/h6-10,16-17,19,23,29-33,39,44H,5,11-15,18,20-22H2,1-4H3,(H,40,45)(H,41,43)/t29-,30-,31+,32+,33-,36+/m1/s1. The Labute approximate surface area is 276 Å². The second kappa shape index (κ2) is 16.6. The zero-order valence-electron chi connectivity index (χ0n) is 27.9. The smallest absolute Gasteiger partial charge is 0.249 e. The molecule has 2 aromatic carbocycles. The fraction of sp³-hybridized carbons (Fsp3) is 0.583. The van der Waals surface area contributed by atoms with Crippen LogP contribution in [0.1, 0.15) is 70.9 Å². The maximum atomic E-state index is 14.3. The number of aryl methyl sites for hydroxylation is 1. The van der Waals surface area contributed by atoms with Crippen LogP contribution in [0.15, 0.2) is 48.5 Å². The number of hydrogen-bond donors (Lipinski definition) is 4. The van der Waals surface area contributed by atoms with Gasteiger partial charge in [0.2, 0.25) is 17.7 Å². The summed E-state index contributed by atoms with van der Waals surface area (Å²) < 4.78 is 34.3. The highest BCUT2D eigenvalue weighted by molar-refractivity contribution is 5.96. The van der Waals surface area contributed by atoms with Gasteiger partial charge in [-0.3, -0.25) is 14.4 Å². The van der Waals surface area contributed by atoms with E-state index in [2.05, 4.69) is 16.0 Å². The number of likely N-dealkylation sites (tertiary alicyclic amines) is 1. The number of halogens is 2. The van der Waals surface area contributed by atoms with Crippen LogP contribution in [-0.2, 0) is 32.0 Å². The molecule has 2 aliphatic rings. The highest BCUT2D eigenvalue weighted by Crippen LogP contribution is 2.32. The predicted molar refractivity (Wildman–Crippen MR) is 175 cm³/mol. The van der Waals surface area contributed by atoms with E-state index in [9.17, 15) is 28.3 Å². The van der Waals surface area contributed by atoms with Gasteiger partial charge in [0.1, 0.15) is 23.2 Å². The minimum atomic E-state index is -1.12. The van der Waals surface area contributed by atoms with Gasteiger partial charge in [-0.2, -0.15) is 0 Å². The molecule has 4 rings (SSSR count). The Morgan fingerprint density at radius 2 is 1.83 bits per heavy atom. The molecule has 0 spiro atoms. The summed E-state index contributed by atoms with van der Waals surface area (Å²) in [6.07, 6.45) is 1.67. The molecule has 2 fully saturated rings. The van der Waals surface area contributed by atoms with Crippen LogP contribution in [0.2, 0.25) is 0 Å². The number of rotatable bonds is 16. The number of carbonyl (C=O) groups is 3. The summed E-state index contributed by atoms with van der Waals surface area (Å²) >= 11 is 0. The van der Waals surface area contributed by atoms with Crippen LogP contribution in [-0.4, -0.2) is 83.3 Å². The molecule has 11 heteroatoms. The molecule has 0 saturated carbocycles. The maximum absolute atomic E-state index is 14.3. The Hall–Kier alpha value is -3.41. The Balaban J connectivity index is 1.62. The van der Waals surface area contributed by atoms with Crippen molar-refractivity contribution in [1.29, 1.82) is 0 Å². The molecule has 0 bridgehead atoms. The van der Waals surface area contributed by atoms with E-state index in [0.29, 0.717) is 45.3 Å². The molecule has 0 radical (unpaired) electrons. The Kier molecular flexibility index (Phi) is 12.9. The lowest BCUT2D eigenvalue weighted by molar-refractivity contribution is -0.143. The third-order valence-electron chi connectivity index (χ3n) is 9.06. The summed E-state index contributed by atoms with van der Waals surface area (Å²) in [6, 6.07) is 10.5. The summed E-state index contributed by atoms with van der Waals surface area (Å²) in [5.74, 6) is -2.51. The van der Waals surface area contributed by atoms with Gasteiger partial charge in [-0.25, -0.2) is 8.78 Å². The summed E-state index contributed by atoms with van der Waals surface area (Å²) in [7, 11) is 0. The van der Waals surface area contributed by atoms with Crippen molar-refractivity contribution in [3.63, 3.8) is 0 Å². The molecular formula is C36H50F2N4O5. The number of aliphatic hydroxyl groups is 1. The second-order valence-corrected chi connectivity index (χ2v) is 13.5. The summed E-state index contributed by atoms with van der Waals surface area (Å²) in [5, 5.41) is 20.8. The normalized spacial score (nSPS) is 23.1. The Morgan fingerprint density at radius 1 is 1.13 bits per heavy atom. The monoisotopic (exact) mass is 656 g/mol. The number of benzene rings is 2. The van der Waals surface area contributed by atoms with Crippen LogP contribution in [0.3, 0.4) is 0 Å². The first-order chi connectivity index (χ1) is 22.4. The number of ether oxygens (including phenoxy) is 1. The molecule has 9 nitrogen and oxygen atoms in total. The molecule has 47 heavy (non-hydrogen) atoms. The topological polar surface area (TPSA) is 120 Å². The number of hydrogen-bond acceptors (Lipinski definition) is 6. The van der Waals surface area contributed by atoms with Gasteiger partial charge in [0.15, 0.2) is 0 Å². The first-order valence-electron chi connectivity index (χ1n) is 16.8. The predicted octanol–water partition coefficient (Wildman–Crippen LogP) is 3.66. The van der Waals surface area contributed by atoms with Gasteiger partial charge < -0.3 is 30.7 Å². The van der Waals surface area contributed by atoms with E-state index in [1.165, 1.54) is 19.1 Å². The van der Waals surface area contributed by atoms with Gasteiger partial charge in [0, 0.05) is 38.7 Å². The summed E-state index contributed by atoms with van der Waals surface area (Å²) in [5.41, 5.74) is 0.153. The maximum Gasteiger partial charge on any atom is 0.249 e. The lowest BCUT2D eigenvalue weighted by Crippen LogP contribution is -2.59. The molecule has 2 saturated heterocycles. The van der Waals surface area contributed by atoms with Crippen LogP contribution in [0.5, 0.6) is 0 Å². The number of nitrogens with zero attached hydrogens (tertiary/aromatic N) is 1. The summed E-state index contributed by atoms with van der Waals surface area (Å²) in [6.45, 7) is 8.74. The lowest BCUT2D eigenvalue weighted by Gasteiger charge is -2.35. The van der Waals surface area contributed by atoms with Crippen molar-refractivity contribution in [2.45, 2.75) is 109 Å². The lowest BCUT2D eigenvalue weighted by atomic mass is 9.87.